The second-order valence-electron chi connectivity index (χ2n) is 9.31. The Morgan fingerprint density at radius 2 is 1.70 bits per heavy atom. The summed E-state index contributed by atoms with van der Waals surface area (Å²) in [6.07, 6.45) is 0.795. The topological polar surface area (TPSA) is 58.6 Å². The summed E-state index contributed by atoms with van der Waals surface area (Å²) >= 11 is 12.3. The Balaban J connectivity index is 2.18. The Morgan fingerprint density at radius 3 is 2.24 bits per heavy atom. The monoisotopic (exact) mass is 492 g/mol. The van der Waals surface area contributed by atoms with Crippen LogP contribution in [-0.2, 0) is 21.5 Å². The number of hydrogen-bond donors (Lipinski definition) is 1. The second kappa shape index (κ2) is 11.8. The van der Waals surface area contributed by atoms with Crippen molar-refractivity contribution in [3.8, 4) is 5.75 Å². The van der Waals surface area contributed by atoms with Crippen molar-refractivity contribution in [2.24, 2.45) is 0 Å². The molecule has 2 aromatic carbocycles. The Bertz CT molecular complexity index is 955. The molecule has 0 bridgehead atoms. The fourth-order valence-corrected chi connectivity index (χ4v) is 3.63. The van der Waals surface area contributed by atoms with Crippen molar-refractivity contribution >= 4 is 35.0 Å². The lowest BCUT2D eigenvalue weighted by Gasteiger charge is -2.30. The molecular weight excluding hydrogens is 459 g/mol. The molecule has 33 heavy (non-hydrogen) atoms. The second-order valence-corrected chi connectivity index (χ2v) is 10.2. The fourth-order valence-electron chi connectivity index (χ4n) is 3.16. The van der Waals surface area contributed by atoms with E-state index in [4.69, 9.17) is 27.9 Å². The van der Waals surface area contributed by atoms with Gasteiger partial charge in [-0.3, -0.25) is 9.59 Å². The summed E-state index contributed by atoms with van der Waals surface area (Å²) in [6.45, 7) is 12.0. The van der Waals surface area contributed by atoms with Gasteiger partial charge in [0.2, 0.25) is 5.91 Å². The van der Waals surface area contributed by atoms with E-state index in [9.17, 15) is 9.59 Å². The van der Waals surface area contributed by atoms with E-state index < -0.39 is 6.04 Å². The average Bonchev–Trinajstić information content (AvgIpc) is 2.76. The lowest BCUT2D eigenvalue weighted by atomic mass is 9.87. The molecule has 2 rings (SSSR count). The molecule has 0 saturated heterocycles. The molecule has 0 heterocycles. The molecule has 0 spiro atoms. The van der Waals surface area contributed by atoms with Gasteiger partial charge >= 0.3 is 0 Å². The van der Waals surface area contributed by atoms with Gasteiger partial charge in [-0.25, -0.2) is 0 Å². The van der Waals surface area contributed by atoms with Crippen LogP contribution in [0.1, 0.15) is 59.1 Å². The molecule has 0 aromatic heterocycles. The maximum absolute atomic E-state index is 13.2. The van der Waals surface area contributed by atoms with E-state index in [0.717, 1.165) is 6.42 Å². The number of nitrogens with zero attached hydrogens (tertiary/aromatic N) is 1. The third-order valence-corrected chi connectivity index (χ3v) is 6.19. The van der Waals surface area contributed by atoms with Crippen LogP contribution in [0.25, 0.3) is 0 Å². The fraction of sp³-hybridized carbons (Fsp3) is 0.462. The van der Waals surface area contributed by atoms with Crippen molar-refractivity contribution in [3.05, 3.63) is 63.6 Å². The van der Waals surface area contributed by atoms with Crippen LogP contribution in [0.3, 0.4) is 0 Å². The van der Waals surface area contributed by atoms with Crippen LogP contribution in [0.5, 0.6) is 5.75 Å². The molecule has 0 radical (unpaired) electrons. The zero-order valence-corrected chi connectivity index (χ0v) is 21.8. The van der Waals surface area contributed by atoms with Gasteiger partial charge in [-0.15, -0.1) is 0 Å². The summed E-state index contributed by atoms with van der Waals surface area (Å²) in [5.41, 5.74) is 1.91. The van der Waals surface area contributed by atoms with Gasteiger partial charge in [0.25, 0.3) is 5.91 Å². The van der Waals surface area contributed by atoms with Crippen molar-refractivity contribution in [3.63, 3.8) is 0 Å². The van der Waals surface area contributed by atoms with E-state index >= 15 is 0 Å². The van der Waals surface area contributed by atoms with Crippen molar-refractivity contribution in [1.29, 1.82) is 0 Å². The van der Waals surface area contributed by atoms with Crippen LogP contribution < -0.4 is 10.1 Å². The summed E-state index contributed by atoms with van der Waals surface area (Å²) in [6, 6.07) is 12.1. The lowest BCUT2D eigenvalue weighted by molar-refractivity contribution is -0.142. The molecule has 0 unspecified atom stereocenters. The molecule has 0 aliphatic carbocycles. The molecule has 0 aliphatic heterocycles. The number of benzene rings is 2. The number of amides is 2. The molecule has 0 fully saturated rings. The van der Waals surface area contributed by atoms with E-state index in [-0.39, 0.29) is 36.4 Å². The van der Waals surface area contributed by atoms with E-state index in [2.05, 4.69) is 26.1 Å². The lowest BCUT2D eigenvalue weighted by Crippen LogP contribution is -2.50. The molecular formula is C26H34Cl2N2O3. The Kier molecular flexibility index (Phi) is 9.62. The number of hydrogen-bond acceptors (Lipinski definition) is 3. The molecule has 2 atom stereocenters. The number of ether oxygens (including phenoxy) is 1. The third-order valence-electron chi connectivity index (χ3n) is 5.61. The average molecular weight is 493 g/mol. The number of carbonyl (C=O) groups excluding carboxylic acids is 2. The normalized spacial score (nSPS) is 13.2. The summed E-state index contributed by atoms with van der Waals surface area (Å²) in [7, 11) is 0. The highest BCUT2D eigenvalue weighted by Gasteiger charge is 2.28. The minimum absolute atomic E-state index is 0.00797. The molecule has 5 nitrogen and oxygen atoms in total. The van der Waals surface area contributed by atoms with E-state index in [0.29, 0.717) is 21.4 Å². The Hall–Kier alpha value is -2.24. The molecule has 1 N–H and O–H groups in total. The highest BCUT2D eigenvalue weighted by molar-refractivity contribution is 6.35. The molecule has 0 saturated carbocycles. The minimum atomic E-state index is -0.704. The van der Waals surface area contributed by atoms with E-state index in [1.807, 2.05) is 38.1 Å². The van der Waals surface area contributed by atoms with Gasteiger partial charge in [0.15, 0.2) is 6.61 Å². The van der Waals surface area contributed by atoms with Gasteiger partial charge in [-0.1, -0.05) is 69.1 Å². The van der Waals surface area contributed by atoms with Crippen LogP contribution in [-0.4, -0.2) is 35.4 Å². The predicted octanol–water partition coefficient (Wildman–Crippen LogP) is 6.00. The zero-order chi connectivity index (χ0) is 24.8. The van der Waals surface area contributed by atoms with Gasteiger partial charge in [0, 0.05) is 22.6 Å². The maximum atomic E-state index is 13.2. The zero-order valence-electron chi connectivity index (χ0n) is 20.2. The molecule has 2 aromatic rings. The van der Waals surface area contributed by atoms with Gasteiger partial charge in [-0.05, 0) is 61.1 Å². The SMILES string of the molecule is CC[C@@H](C)NC(=O)[C@@H](C)N(Cc1ccc(Cl)cc1Cl)C(=O)COc1ccc(C(C)(C)C)cc1. The highest BCUT2D eigenvalue weighted by Crippen LogP contribution is 2.25. The number of nitrogens with one attached hydrogen (secondary N) is 1. The van der Waals surface area contributed by atoms with Crippen molar-refractivity contribution < 1.29 is 14.3 Å². The number of rotatable bonds is 9. The van der Waals surface area contributed by atoms with Crippen LogP contribution in [0.15, 0.2) is 42.5 Å². The summed E-state index contributed by atoms with van der Waals surface area (Å²) in [5.74, 6) is 0.0579. The highest BCUT2D eigenvalue weighted by atomic mass is 35.5. The molecule has 180 valence electrons. The molecule has 0 aliphatic rings. The minimum Gasteiger partial charge on any atom is -0.484 e. The largest absolute Gasteiger partial charge is 0.484 e. The van der Waals surface area contributed by atoms with Crippen LogP contribution in [0.4, 0.5) is 0 Å². The van der Waals surface area contributed by atoms with Crippen LogP contribution >= 0.6 is 23.2 Å². The van der Waals surface area contributed by atoms with Gasteiger partial charge in [0.1, 0.15) is 11.8 Å². The van der Waals surface area contributed by atoms with Gasteiger partial charge in [0.05, 0.1) is 0 Å². The summed E-state index contributed by atoms with van der Waals surface area (Å²) in [4.78, 5) is 27.5. The first-order valence-electron chi connectivity index (χ1n) is 11.2. The Labute approximate surface area is 207 Å². The van der Waals surface area contributed by atoms with Gasteiger partial charge < -0.3 is 15.0 Å². The predicted molar refractivity (Wildman–Crippen MR) is 135 cm³/mol. The van der Waals surface area contributed by atoms with Crippen molar-refractivity contribution in [1.82, 2.24) is 10.2 Å². The standard InChI is InChI=1S/C26H34Cl2N2O3/c1-7-17(2)29-25(32)18(3)30(15-19-8-11-21(27)14-23(19)28)24(31)16-33-22-12-9-20(10-13-22)26(4,5)6/h8-14,17-18H,7,15-16H2,1-6H3,(H,29,32)/t17-,18-/m1/s1. The van der Waals surface area contributed by atoms with Crippen molar-refractivity contribution in [2.75, 3.05) is 6.61 Å². The van der Waals surface area contributed by atoms with E-state index in [1.54, 1.807) is 25.1 Å². The Morgan fingerprint density at radius 1 is 1.06 bits per heavy atom. The van der Waals surface area contributed by atoms with E-state index in [1.165, 1.54) is 10.5 Å². The summed E-state index contributed by atoms with van der Waals surface area (Å²) < 4.78 is 5.76. The smallest absolute Gasteiger partial charge is 0.261 e. The summed E-state index contributed by atoms with van der Waals surface area (Å²) in [5, 5.41) is 3.88. The van der Waals surface area contributed by atoms with Crippen LogP contribution in [0, 0.1) is 0 Å². The first-order valence-corrected chi connectivity index (χ1v) is 11.9. The molecule has 7 heteroatoms. The number of carbonyl (C=O) groups is 2. The first-order chi connectivity index (χ1) is 15.4. The van der Waals surface area contributed by atoms with Gasteiger partial charge in [-0.2, -0.15) is 0 Å². The van der Waals surface area contributed by atoms with Crippen molar-refractivity contribution in [2.45, 2.75) is 72.0 Å². The first kappa shape index (κ1) is 27.0. The quantitative estimate of drug-likeness (QED) is 0.466. The molecule has 2 amide bonds. The third kappa shape index (κ3) is 7.94. The number of halogens is 2. The maximum Gasteiger partial charge on any atom is 0.261 e. The van der Waals surface area contributed by atoms with Crippen LogP contribution in [0.2, 0.25) is 10.0 Å².